The molecule has 3 heterocycles. The topological polar surface area (TPSA) is 94.2 Å². The monoisotopic (exact) mass is 614 g/mol. The first-order valence-electron chi connectivity index (χ1n) is 15.2. The predicted molar refractivity (Wildman–Crippen MR) is 169 cm³/mol. The maximum atomic E-state index is 14.0. The summed E-state index contributed by atoms with van der Waals surface area (Å²) in [6.07, 6.45) is 1.08. The second-order valence-corrected chi connectivity index (χ2v) is 11.8. The Kier molecular flexibility index (Phi) is 9.45. The molecule has 3 aliphatic heterocycles. The molecule has 2 fully saturated rings. The molecule has 0 saturated carbocycles. The maximum absolute atomic E-state index is 14.0. The molecule has 0 aromatic heterocycles. The number of nitrogens with zero attached hydrogens (tertiary/aromatic N) is 3. The molecule has 10 heteroatoms. The molecule has 0 spiro atoms. The number of nitrogens with one attached hydrogen (secondary N) is 2. The van der Waals surface area contributed by atoms with E-state index in [1.807, 2.05) is 77.0 Å². The highest BCUT2D eigenvalue weighted by atomic mass is 35.5. The van der Waals surface area contributed by atoms with Crippen LogP contribution in [0.15, 0.2) is 72.8 Å². The summed E-state index contributed by atoms with van der Waals surface area (Å²) in [5.41, 5.74) is 4.46. The van der Waals surface area contributed by atoms with E-state index in [4.69, 9.17) is 16.3 Å². The number of morpholine rings is 1. The first-order valence-corrected chi connectivity index (χ1v) is 15.6. The Morgan fingerprint density at radius 1 is 0.864 bits per heavy atom. The van der Waals surface area contributed by atoms with E-state index in [1.54, 1.807) is 12.1 Å². The smallest absolute Gasteiger partial charge is 0.256 e. The van der Waals surface area contributed by atoms with E-state index in [0.717, 1.165) is 28.8 Å². The molecule has 6 rings (SSSR count). The van der Waals surface area contributed by atoms with E-state index in [-0.39, 0.29) is 17.7 Å². The number of hydrogen-bond donors (Lipinski definition) is 2. The third-order valence-electron chi connectivity index (χ3n) is 8.57. The summed E-state index contributed by atoms with van der Waals surface area (Å²) in [5, 5.41) is 6.89. The first-order chi connectivity index (χ1) is 21.5. The molecule has 3 amide bonds. The number of carbonyl (C=O) groups is 3. The van der Waals surface area contributed by atoms with Gasteiger partial charge < -0.3 is 24.8 Å². The molecule has 3 aliphatic rings. The molecule has 2 atom stereocenters. The summed E-state index contributed by atoms with van der Waals surface area (Å²) in [7, 11) is 0. The van der Waals surface area contributed by atoms with Crippen LogP contribution < -0.4 is 15.5 Å². The molecule has 229 valence electrons. The Bertz CT molecular complexity index is 1480. The molecule has 1 unspecified atom stereocenters. The summed E-state index contributed by atoms with van der Waals surface area (Å²) in [6, 6.07) is 21.6. The molecule has 3 aromatic rings. The molecule has 9 nitrogen and oxygen atoms in total. The minimum atomic E-state index is -0.749. The molecule has 2 N–H and O–H groups in total. The van der Waals surface area contributed by atoms with Gasteiger partial charge in [0.2, 0.25) is 11.8 Å². The zero-order valence-electron chi connectivity index (χ0n) is 24.6. The van der Waals surface area contributed by atoms with Gasteiger partial charge in [-0.25, -0.2) is 0 Å². The highest BCUT2D eigenvalue weighted by molar-refractivity contribution is 6.30. The van der Waals surface area contributed by atoms with E-state index >= 15 is 0 Å². The Morgan fingerprint density at radius 2 is 1.57 bits per heavy atom. The summed E-state index contributed by atoms with van der Waals surface area (Å²) in [4.78, 5) is 46.8. The lowest BCUT2D eigenvalue weighted by molar-refractivity contribution is -0.137. The fourth-order valence-corrected chi connectivity index (χ4v) is 6.29. The van der Waals surface area contributed by atoms with Crippen molar-refractivity contribution in [2.24, 2.45) is 0 Å². The van der Waals surface area contributed by atoms with Crippen molar-refractivity contribution in [2.75, 3.05) is 57.4 Å². The highest BCUT2D eigenvalue weighted by Crippen LogP contribution is 2.26. The lowest BCUT2D eigenvalue weighted by Crippen LogP contribution is -2.57. The second kappa shape index (κ2) is 13.8. The van der Waals surface area contributed by atoms with Crippen molar-refractivity contribution in [1.29, 1.82) is 0 Å². The van der Waals surface area contributed by atoms with Crippen LogP contribution in [-0.2, 0) is 27.2 Å². The SMILES string of the molecule is O=C(N[C@H](Cc1ccc(Cl)cc1)C(=O)N1CCN(c2ccccc2C(=O)N2CCOCC2)CC1)C1N[CH]Cc2ccccc21. The Balaban J connectivity index is 1.16. The molecule has 3 aromatic carbocycles. The number of hydrogen-bond acceptors (Lipinski definition) is 6. The van der Waals surface area contributed by atoms with Crippen LogP contribution in [0.25, 0.3) is 0 Å². The summed E-state index contributed by atoms with van der Waals surface area (Å²) >= 11 is 6.11. The summed E-state index contributed by atoms with van der Waals surface area (Å²) in [5.74, 6) is -0.364. The average Bonchev–Trinajstić information content (AvgIpc) is 3.08. The third-order valence-corrected chi connectivity index (χ3v) is 8.82. The number of fused-ring (bicyclic) bond motifs is 1. The van der Waals surface area contributed by atoms with Gasteiger partial charge in [0.25, 0.3) is 5.91 Å². The second-order valence-electron chi connectivity index (χ2n) is 11.3. The molecule has 44 heavy (non-hydrogen) atoms. The zero-order valence-corrected chi connectivity index (χ0v) is 25.3. The minimum Gasteiger partial charge on any atom is -0.378 e. The Hall–Kier alpha value is -3.92. The number of halogens is 1. The van der Waals surface area contributed by atoms with E-state index in [9.17, 15) is 14.4 Å². The van der Waals surface area contributed by atoms with Crippen LogP contribution in [0.1, 0.15) is 33.1 Å². The standard InChI is InChI=1S/C34H37ClN5O4/c35-26-11-9-24(10-12-26)23-29(37-32(41)31-27-6-2-1-5-25(27)13-14-36-31)34(43)39-17-15-38(16-18-39)30-8-4-3-7-28(30)33(42)40-19-21-44-22-20-40/h1-12,14,29,31,36H,13,15-23H2,(H,37,41)/t29-,31?/m1/s1. The van der Waals surface area contributed by atoms with Crippen LogP contribution in [0.2, 0.25) is 5.02 Å². The van der Waals surface area contributed by atoms with E-state index in [2.05, 4.69) is 15.5 Å². The van der Waals surface area contributed by atoms with Gasteiger partial charge in [0.1, 0.15) is 12.1 Å². The van der Waals surface area contributed by atoms with Crippen LogP contribution in [0.4, 0.5) is 5.69 Å². The Labute approximate surface area is 263 Å². The number of amides is 3. The van der Waals surface area contributed by atoms with Crippen LogP contribution in [0, 0.1) is 6.54 Å². The van der Waals surface area contributed by atoms with Crippen molar-refractivity contribution >= 4 is 35.0 Å². The van der Waals surface area contributed by atoms with Crippen molar-refractivity contribution in [3.8, 4) is 0 Å². The number of para-hydroxylation sites is 1. The largest absolute Gasteiger partial charge is 0.378 e. The number of piperazine rings is 1. The fraction of sp³-hybridized carbons (Fsp3) is 0.353. The number of rotatable bonds is 7. The number of carbonyl (C=O) groups excluding carboxylic acids is 3. The summed E-state index contributed by atoms with van der Waals surface area (Å²) < 4.78 is 5.42. The normalized spacial score (nSPS) is 19.2. The maximum Gasteiger partial charge on any atom is 0.256 e. The van der Waals surface area contributed by atoms with Crippen molar-refractivity contribution in [3.63, 3.8) is 0 Å². The van der Waals surface area contributed by atoms with Gasteiger partial charge >= 0.3 is 0 Å². The third kappa shape index (κ3) is 6.75. The lowest BCUT2D eigenvalue weighted by atomic mass is 9.93. The molecular weight excluding hydrogens is 578 g/mol. The number of anilines is 1. The van der Waals surface area contributed by atoms with Crippen LogP contribution >= 0.6 is 11.6 Å². The molecular formula is C34H37ClN5O4. The van der Waals surface area contributed by atoms with E-state index < -0.39 is 12.1 Å². The van der Waals surface area contributed by atoms with Gasteiger partial charge in [0.15, 0.2) is 0 Å². The van der Waals surface area contributed by atoms with Crippen molar-refractivity contribution in [2.45, 2.75) is 24.9 Å². The van der Waals surface area contributed by atoms with Crippen molar-refractivity contribution < 1.29 is 19.1 Å². The zero-order chi connectivity index (χ0) is 30.5. The van der Waals surface area contributed by atoms with Crippen LogP contribution in [-0.4, -0.2) is 86.0 Å². The quantitative estimate of drug-likeness (QED) is 0.425. The van der Waals surface area contributed by atoms with Crippen molar-refractivity contribution in [1.82, 2.24) is 20.4 Å². The van der Waals surface area contributed by atoms with Gasteiger partial charge in [-0.2, -0.15) is 0 Å². The first kappa shape index (κ1) is 30.1. The van der Waals surface area contributed by atoms with Gasteiger partial charge in [-0.1, -0.05) is 60.1 Å². The minimum absolute atomic E-state index is 0.00304. The van der Waals surface area contributed by atoms with Crippen molar-refractivity contribution in [3.05, 3.63) is 107 Å². The van der Waals surface area contributed by atoms with Gasteiger partial charge in [0.05, 0.1) is 18.8 Å². The fourth-order valence-electron chi connectivity index (χ4n) is 6.16. The average molecular weight is 615 g/mol. The van der Waals surface area contributed by atoms with E-state index in [1.165, 1.54) is 0 Å². The van der Waals surface area contributed by atoms with Gasteiger partial charge in [-0.15, -0.1) is 0 Å². The van der Waals surface area contributed by atoms with E-state index in [0.29, 0.717) is 69.5 Å². The van der Waals surface area contributed by atoms with Gasteiger partial charge in [0, 0.05) is 62.9 Å². The lowest BCUT2D eigenvalue weighted by Gasteiger charge is -2.39. The molecule has 0 aliphatic carbocycles. The predicted octanol–water partition coefficient (Wildman–Crippen LogP) is 3.24. The number of benzene rings is 3. The highest BCUT2D eigenvalue weighted by Gasteiger charge is 2.33. The van der Waals surface area contributed by atoms with Gasteiger partial charge in [-0.3, -0.25) is 19.7 Å². The molecule has 2 saturated heterocycles. The summed E-state index contributed by atoms with van der Waals surface area (Å²) in [6.45, 7) is 6.25. The van der Waals surface area contributed by atoms with Crippen LogP contribution in [0.3, 0.4) is 0 Å². The molecule has 1 radical (unpaired) electrons. The molecule has 0 bridgehead atoms. The van der Waals surface area contributed by atoms with Crippen LogP contribution in [0.5, 0.6) is 0 Å². The van der Waals surface area contributed by atoms with Gasteiger partial charge in [-0.05, 0) is 47.4 Å². The number of ether oxygens (including phenoxy) is 1. The Morgan fingerprint density at radius 3 is 2.34 bits per heavy atom.